The summed E-state index contributed by atoms with van der Waals surface area (Å²) in [6.07, 6.45) is 1.61. The molecule has 1 heterocycles. The monoisotopic (exact) mass is 320 g/mol. The summed E-state index contributed by atoms with van der Waals surface area (Å²) in [5, 5.41) is 2.75. The lowest BCUT2D eigenvalue weighted by Gasteiger charge is -2.10. The Morgan fingerprint density at radius 3 is 2.84 bits per heavy atom. The molecule has 0 aliphatic heterocycles. The number of anilines is 1. The normalized spacial score (nSPS) is 10.0. The Hall–Kier alpha value is -1.88. The summed E-state index contributed by atoms with van der Waals surface area (Å²) in [6, 6.07) is 10.7. The van der Waals surface area contributed by atoms with Crippen molar-refractivity contribution in [1.29, 1.82) is 0 Å². The van der Waals surface area contributed by atoms with Crippen molar-refractivity contribution in [2.75, 3.05) is 11.9 Å². The summed E-state index contributed by atoms with van der Waals surface area (Å²) in [6.45, 7) is 2.40. The van der Waals surface area contributed by atoms with E-state index in [-0.39, 0.29) is 5.91 Å². The van der Waals surface area contributed by atoms with E-state index < -0.39 is 0 Å². The summed E-state index contributed by atoms with van der Waals surface area (Å²) in [4.78, 5) is 16.3. The van der Waals surface area contributed by atoms with E-state index in [0.717, 1.165) is 4.47 Å². The fourth-order valence-electron chi connectivity index (χ4n) is 1.58. The molecule has 0 saturated carbocycles. The second kappa shape index (κ2) is 6.33. The molecule has 2 rings (SSSR count). The van der Waals surface area contributed by atoms with Crippen LogP contribution in [0.25, 0.3) is 0 Å². The molecule has 0 aliphatic carbocycles. The molecule has 4 nitrogen and oxygen atoms in total. The zero-order valence-corrected chi connectivity index (χ0v) is 12.0. The van der Waals surface area contributed by atoms with Crippen molar-refractivity contribution in [2.45, 2.75) is 6.92 Å². The maximum absolute atomic E-state index is 12.2. The lowest BCUT2D eigenvalue weighted by atomic mass is 10.2. The highest BCUT2D eigenvalue weighted by Crippen LogP contribution is 2.23. The third-order valence-electron chi connectivity index (χ3n) is 2.42. The molecule has 1 amide bonds. The minimum absolute atomic E-state index is 0.230. The standard InChI is InChI=1S/C14H13BrN2O2/c1-2-19-12-8-5-9-16-13(12)17-14(18)10-6-3-4-7-11(10)15/h3-9H,2H2,1H3,(H,16,17,18). The molecule has 98 valence electrons. The zero-order chi connectivity index (χ0) is 13.7. The highest BCUT2D eigenvalue weighted by molar-refractivity contribution is 9.10. The Morgan fingerprint density at radius 1 is 1.32 bits per heavy atom. The topological polar surface area (TPSA) is 51.2 Å². The van der Waals surface area contributed by atoms with Crippen LogP contribution in [0.5, 0.6) is 5.75 Å². The van der Waals surface area contributed by atoms with E-state index in [2.05, 4.69) is 26.2 Å². The molecule has 1 N–H and O–H groups in total. The Balaban J connectivity index is 2.22. The number of rotatable bonds is 4. The van der Waals surface area contributed by atoms with Crippen LogP contribution in [0.2, 0.25) is 0 Å². The number of aromatic nitrogens is 1. The average molecular weight is 321 g/mol. The number of ether oxygens (including phenoxy) is 1. The Bertz CT molecular complexity index is 587. The highest BCUT2D eigenvalue weighted by Gasteiger charge is 2.12. The third kappa shape index (κ3) is 3.32. The van der Waals surface area contributed by atoms with Gasteiger partial charge in [-0.15, -0.1) is 0 Å². The van der Waals surface area contributed by atoms with E-state index in [1.165, 1.54) is 0 Å². The molecular formula is C14H13BrN2O2. The molecule has 0 atom stereocenters. The van der Waals surface area contributed by atoms with Crippen LogP contribution in [0.4, 0.5) is 5.82 Å². The molecule has 0 spiro atoms. The van der Waals surface area contributed by atoms with Crippen LogP contribution in [0.1, 0.15) is 17.3 Å². The van der Waals surface area contributed by atoms with Gasteiger partial charge in [0.25, 0.3) is 5.91 Å². The number of nitrogens with one attached hydrogen (secondary N) is 1. The van der Waals surface area contributed by atoms with Gasteiger partial charge in [-0.25, -0.2) is 4.98 Å². The van der Waals surface area contributed by atoms with Crippen molar-refractivity contribution in [2.24, 2.45) is 0 Å². The Labute approximate surface area is 119 Å². The number of amides is 1. The molecule has 2 aromatic rings. The molecule has 0 radical (unpaired) electrons. The van der Waals surface area contributed by atoms with Crippen molar-refractivity contribution < 1.29 is 9.53 Å². The number of halogens is 1. The highest BCUT2D eigenvalue weighted by atomic mass is 79.9. The van der Waals surface area contributed by atoms with Crippen LogP contribution in [0.3, 0.4) is 0 Å². The third-order valence-corrected chi connectivity index (χ3v) is 3.11. The number of carbonyl (C=O) groups excluding carboxylic acids is 1. The van der Waals surface area contributed by atoms with E-state index in [9.17, 15) is 4.79 Å². The SMILES string of the molecule is CCOc1cccnc1NC(=O)c1ccccc1Br. The van der Waals surface area contributed by atoms with E-state index in [4.69, 9.17) is 4.74 Å². The van der Waals surface area contributed by atoms with Crippen LogP contribution < -0.4 is 10.1 Å². The van der Waals surface area contributed by atoms with Gasteiger partial charge in [0.05, 0.1) is 12.2 Å². The maximum atomic E-state index is 12.2. The number of hydrogen-bond donors (Lipinski definition) is 1. The van der Waals surface area contributed by atoms with Crippen molar-refractivity contribution in [3.63, 3.8) is 0 Å². The van der Waals surface area contributed by atoms with Gasteiger partial charge in [0.2, 0.25) is 0 Å². The first-order valence-corrected chi connectivity index (χ1v) is 6.65. The molecule has 0 fully saturated rings. The number of benzene rings is 1. The second-order valence-electron chi connectivity index (χ2n) is 3.72. The van der Waals surface area contributed by atoms with Gasteiger partial charge in [-0.2, -0.15) is 0 Å². The van der Waals surface area contributed by atoms with Gasteiger partial charge in [0.1, 0.15) is 0 Å². The van der Waals surface area contributed by atoms with Gasteiger partial charge in [0, 0.05) is 10.7 Å². The second-order valence-corrected chi connectivity index (χ2v) is 4.57. The van der Waals surface area contributed by atoms with Gasteiger partial charge in [-0.3, -0.25) is 4.79 Å². The fourth-order valence-corrected chi connectivity index (χ4v) is 2.04. The van der Waals surface area contributed by atoms with Gasteiger partial charge >= 0.3 is 0 Å². The Morgan fingerprint density at radius 2 is 2.11 bits per heavy atom. The minimum atomic E-state index is -0.230. The summed E-state index contributed by atoms with van der Waals surface area (Å²) in [7, 11) is 0. The number of nitrogens with zero attached hydrogens (tertiary/aromatic N) is 1. The molecule has 0 bridgehead atoms. The molecule has 0 saturated heterocycles. The summed E-state index contributed by atoms with van der Waals surface area (Å²) < 4.78 is 6.15. The molecule has 5 heteroatoms. The van der Waals surface area contributed by atoms with Crippen molar-refractivity contribution in [1.82, 2.24) is 4.98 Å². The van der Waals surface area contributed by atoms with E-state index in [1.54, 1.807) is 24.4 Å². The predicted molar refractivity (Wildman–Crippen MR) is 77.5 cm³/mol. The summed E-state index contributed by atoms with van der Waals surface area (Å²) in [5.74, 6) is 0.752. The molecule has 19 heavy (non-hydrogen) atoms. The van der Waals surface area contributed by atoms with E-state index >= 15 is 0 Å². The first-order valence-electron chi connectivity index (χ1n) is 5.86. The molecule has 1 aromatic heterocycles. The van der Waals surface area contributed by atoms with Crippen LogP contribution in [0.15, 0.2) is 47.1 Å². The van der Waals surface area contributed by atoms with Crippen LogP contribution in [0, 0.1) is 0 Å². The molecule has 0 aliphatic rings. The van der Waals surface area contributed by atoms with Crippen molar-refractivity contribution in [3.8, 4) is 5.75 Å². The molecule has 0 unspecified atom stereocenters. The van der Waals surface area contributed by atoms with Gasteiger partial charge in [0.15, 0.2) is 11.6 Å². The fraction of sp³-hybridized carbons (Fsp3) is 0.143. The minimum Gasteiger partial charge on any atom is -0.490 e. The largest absolute Gasteiger partial charge is 0.490 e. The zero-order valence-electron chi connectivity index (χ0n) is 10.4. The maximum Gasteiger partial charge on any atom is 0.258 e. The van der Waals surface area contributed by atoms with Crippen LogP contribution in [-0.2, 0) is 0 Å². The summed E-state index contributed by atoms with van der Waals surface area (Å²) >= 11 is 3.35. The quantitative estimate of drug-likeness (QED) is 0.938. The first-order chi connectivity index (χ1) is 9.22. The lowest BCUT2D eigenvalue weighted by molar-refractivity contribution is 0.102. The predicted octanol–water partition coefficient (Wildman–Crippen LogP) is 3.50. The number of hydrogen-bond acceptors (Lipinski definition) is 3. The van der Waals surface area contributed by atoms with E-state index in [1.807, 2.05) is 25.1 Å². The van der Waals surface area contributed by atoms with Gasteiger partial charge in [-0.1, -0.05) is 12.1 Å². The van der Waals surface area contributed by atoms with E-state index in [0.29, 0.717) is 23.7 Å². The number of carbonyl (C=O) groups is 1. The Kier molecular flexibility index (Phi) is 4.52. The lowest BCUT2D eigenvalue weighted by Crippen LogP contribution is -2.14. The van der Waals surface area contributed by atoms with Crippen molar-refractivity contribution in [3.05, 3.63) is 52.6 Å². The van der Waals surface area contributed by atoms with Crippen LogP contribution >= 0.6 is 15.9 Å². The van der Waals surface area contributed by atoms with Gasteiger partial charge < -0.3 is 10.1 Å². The molecular weight excluding hydrogens is 308 g/mol. The van der Waals surface area contributed by atoms with Crippen molar-refractivity contribution >= 4 is 27.7 Å². The van der Waals surface area contributed by atoms with Gasteiger partial charge in [-0.05, 0) is 47.1 Å². The average Bonchev–Trinajstić information content (AvgIpc) is 2.41. The van der Waals surface area contributed by atoms with Crippen LogP contribution in [-0.4, -0.2) is 17.5 Å². The first kappa shape index (κ1) is 13.5. The molecule has 1 aromatic carbocycles. The smallest absolute Gasteiger partial charge is 0.258 e. The summed E-state index contributed by atoms with van der Waals surface area (Å²) in [5.41, 5.74) is 0.551. The number of pyridine rings is 1.